The van der Waals surface area contributed by atoms with Gasteiger partial charge in [0.25, 0.3) is 0 Å². The van der Waals surface area contributed by atoms with E-state index in [4.69, 9.17) is 28.9 Å². The first-order chi connectivity index (χ1) is 8.31. The van der Waals surface area contributed by atoms with Crippen LogP contribution in [0.25, 0.3) is 0 Å². The summed E-state index contributed by atoms with van der Waals surface area (Å²) in [6, 6.07) is 2.09. The highest BCUT2D eigenvalue weighted by Gasteiger charge is 2.60. The van der Waals surface area contributed by atoms with E-state index in [9.17, 15) is 0 Å². The standard InChI is InChI=1S/C12H17NO5/c1-11(2)15-7-6(5-13)14-10-9(8(7)16-11)17-12(3,4)18-10/h6-10H,1-4H3. The van der Waals surface area contributed by atoms with Gasteiger partial charge in [0.1, 0.15) is 18.3 Å². The van der Waals surface area contributed by atoms with E-state index in [2.05, 4.69) is 6.07 Å². The molecule has 0 spiro atoms. The normalized spacial score (nSPS) is 48.3. The quantitative estimate of drug-likeness (QED) is 0.640. The van der Waals surface area contributed by atoms with Gasteiger partial charge in [-0.1, -0.05) is 0 Å². The second kappa shape index (κ2) is 3.65. The van der Waals surface area contributed by atoms with Crippen molar-refractivity contribution in [3.05, 3.63) is 0 Å². The Kier molecular flexibility index (Phi) is 2.50. The van der Waals surface area contributed by atoms with Crippen LogP contribution in [0.1, 0.15) is 27.7 Å². The van der Waals surface area contributed by atoms with Crippen LogP contribution in [0.4, 0.5) is 0 Å². The molecule has 3 saturated heterocycles. The number of hydrogen-bond acceptors (Lipinski definition) is 6. The Morgan fingerprint density at radius 1 is 0.833 bits per heavy atom. The molecule has 3 aliphatic heterocycles. The first-order valence-corrected chi connectivity index (χ1v) is 6.08. The van der Waals surface area contributed by atoms with E-state index in [-0.39, 0.29) is 12.2 Å². The highest BCUT2D eigenvalue weighted by molar-refractivity contribution is 5.06. The molecule has 0 aromatic heterocycles. The minimum absolute atomic E-state index is 0.342. The molecule has 0 bridgehead atoms. The van der Waals surface area contributed by atoms with Gasteiger partial charge in [-0.05, 0) is 27.7 Å². The SMILES string of the molecule is CC1(C)OC2OC(C#N)C3OC(C)(C)OC3C2O1. The lowest BCUT2D eigenvalue weighted by molar-refractivity contribution is -0.220. The molecule has 0 saturated carbocycles. The van der Waals surface area contributed by atoms with Crippen molar-refractivity contribution in [2.45, 2.75) is 70.0 Å². The fourth-order valence-electron chi connectivity index (χ4n) is 2.72. The third-order valence-electron chi connectivity index (χ3n) is 3.28. The van der Waals surface area contributed by atoms with Crippen molar-refractivity contribution < 1.29 is 23.7 Å². The van der Waals surface area contributed by atoms with Gasteiger partial charge in [-0.2, -0.15) is 5.26 Å². The van der Waals surface area contributed by atoms with Crippen LogP contribution in [-0.2, 0) is 23.7 Å². The molecule has 100 valence electrons. The molecule has 0 N–H and O–H groups in total. The molecule has 0 aromatic rings. The maximum absolute atomic E-state index is 9.15. The molecule has 3 rings (SSSR count). The van der Waals surface area contributed by atoms with Crippen molar-refractivity contribution >= 4 is 0 Å². The summed E-state index contributed by atoms with van der Waals surface area (Å²) in [6.07, 6.45) is -2.43. The maximum atomic E-state index is 9.15. The van der Waals surface area contributed by atoms with Crippen molar-refractivity contribution in [2.24, 2.45) is 0 Å². The van der Waals surface area contributed by atoms with E-state index in [1.807, 2.05) is 27.7 Å². The Morgan fingerprint density at radius 2 is 1.39 bits per heavy atom. The average Bonchev–Trinajstić information content (AvgIpc) is 2.71. The first kappa shape index (κ1) is 12.3. The van der Waals surface area contributed by atoms with Crippen molar-refractivity contribution in [1.82, 2.24) is 0 Å². The second-order valence-corrected chi connectivity index (χ2v) is 5.72. The Balaban J connectivity index is 1.89. The van der Waals surface area contributed by atoms with Crippen molar-refractivity contribution in [2.75, 3.05) is 0 Å². The lowest BCUT2D eigenvalue weighted by Gasteiger charge is -2.33. The summed E-state index contributed by atoms with van der Waals surface area (Å²) in [5.74, 6) is -1.47. The molecule has 6 heteroatoms. The van der Waals surface area contributed by atoms with E-state index in [0.717, 1.165) is 0 Å². The van der Waals surface area contributed by atoms with E-state index in [1.54, 1.807) is 0 Å². The van der Waals surface area contributed by atoms with Crippen LogP contribution in [0, 0.1) is 11.3 Å². The number of fused-ring (bicyclic) bond motifs is 3. The summed E-state index contributed by atoms with van der Waals surface area (Å²) in [7, 11) is 0. The summed E-state index contributed by atoms with van der Waals surface area (Å²) >= 11 is 0. The van der Waals surface area contributed by atoms with E-state index in [0.29, 0.717) is 0 Å². The largest absolute Gasteiger partial charge is 0.341 e. The van der Waals surface area contributed by atoms with Gasteiger partial charge in [0, 0.05) is 0 Å². The average molecular weight is 255 g/mol. The topological polar surface area (TPSA) is 69.9 Å². The van der Waals surface area contributed by atoms with Gasteiger partial charge in [0.05, 0.1) is 6.07 Å². The minimum Gasteiger partial charge on any atom is -0.341 e. The third-order valence-corrected chi connectivity index (χ3v) is 3.28. The molecular formula is C12H17NO5. The Labute approximate surface area is 106 Å². The van der Waals surface area contributed by atoms with E-state index >= 15 is 0 Å². The van der Waals surface area contributed by atoms with Gasteiger partial charge in [-0.25, -0.2) is 0 Å². The molecule has 3 heterocycles. The molecule has 0 amide bonds. The van der Waals surface area contributed by atoms with Crippen molar-refractivity contribution in [3.63, 3.8) is 0 Å². The van der Waals surface area contributed by atoms with E-state index in [1.165, 1.54) is 0 Å². The molecule has 3 aliphatic rings. The molecule has 0 aliphatic carbocycles. The molecule has 5 unspecified atom stereocenters. The Hall–Kier alpha value is -0.710. The van der Waals surface area contributed by atoms with Crippen molar-refractivity contribution in [3.8, 4) is 6.07 Å². The molecule has 0 aromatic carbocycles. The zero-order chi connectivity index (χ0) is 13.1. The molecule has 3 fully saturated rings. The molecule has 0 radical (unpaired) electrons. The lowest BCUT2D eigenvalue weighted by atomic mass is 10.00. The summed E-state index contributed by atoms with van der Waals surface area (Å²) in [5.41, 5.74) is 0. The molecule has 5 atom stereocenters. The van der Waals surface area contributed by atoms with E-state index < -0.39 is 30.1 Å². The predicted octanol–water partition coefficient (Wildman–Crippen LogP) is 0.906. The number of nitriles is 1. The molecule has 6 nitrogen and oxygen atoms in total. The highest BCUT2D eigenvalue weighted by Crippen LogP contribution is 2.43. The van der Waals surface area contributed by atoms with Crippen LogP contribution >= 0.6 is 0 Å². The first-order valence-electron chi connectivity index (χ1n) is 6.08. The third kappa shape index (κ3) is 1.83. The number of rotatable bonds is 0. The summed E-state index contributed by atoms with van der Waals surface area (Å²) in [6.45, 7) is 7.25. The minimum atomic E-state index is -0.737. The maximum Gasteiger partial charge on any atom is 0.191 e. The van der Waals surface area contributed by atoms with Gasteiger partial charge in [-0.3, -0.25) is 0 Å². The predicted molar refractivity (Wildman–Crippen MR) is 58.1 cm³/mol. The summed E-state index contributed by atoms with van der Waals surface area (Å²) < 4.78 is 28.6. The summed E-state index contributed by atoms with van der Waals surface area (Å²) in [4.78, 5) is 0. The monoisotopic (exact) mass is 255 g/mol. The van der Waals surface area contributed by atoms with Gasteiger partial charge in [-0.15, -0.1) is 0 Å². The van der Waals surface area contributed by atoms with Gasteiger partial charge in [0.2, 0.25) is 0 Å². The smallest absolute Gasteiger partial charge is 0.191 e. The van der Waals surface area contributed by atoms with Crippen LogP contribution < -0.4 is 0 Å². The Bertz CT molecular complexity index is 402. The summed E-state index contributed by atoms with van der Waals surface area (Å²) in [5, 5.41) is 9.15. The van der Waals surface area contributed by atoms with Crippen molar-refractivity contribution in [1.29, 1.82) is 5.26 Å². The lowest BCUT2D eigenvalue weighted by Crippen LogP contribution is -2.54. The fourth-order valence-corrected chi connectivity index (χ4v) is 2.72. The van der Waals surface area contributed by atoms with Gasteiger partial charge in [0.15, 0.2) is 24.0 Å². The van der Waals surface area contributed by atoms with Gasteiger partial charge < -0.3 is 23.7 Å². The van der Waals surface area contributed by atoms with Gasteiger partial charge >= 0.3 is 0 Å². The Morgan fingerprint density at radius 3 is 2.06 bits per heavy atom. The van der Waals surface area contributed by atoms with Crippen LogP contribution in [0.3, 0.4) is 0 Å². The zero-order valence-corrected chi connectivity index (χ0v) is 10.9. The number of nitrogens with zero attached hydrogens (tertiary/aromatic N) is 1. The number of ether oxygens (including phenoxy) is 5. The second-order valence-electron chi connectivity index (χ2n) is 5.72. The van der Waals surface area contributed by atoms with Crippen LogP contribution in [0.2, 0.25) is 0 Å². The van der Waals surface area contributed by atoms with Crippen LogP contribution in [0.5, 0.6) is 0 Å². The zero-order valence-electron chi connectivity index (χ0n) is 10.9. The molecular weight excluding hydrogens is 238 g/mol. The highest BCUT2D eigenvalue weighted by atomic mass is 16.9. The van der Waals surface area contributed by atoms with Crippen LogP contribution in [-0.4, -0.2) is 42.3 Å². The molecule has 18 heavy (non-hydrogen) atoms. The number of hydrogen-bond donors (Lipinski definition) is 0. The van der Waals surface area contributed by atoms with Crippen LogP contribution in [0.15, 0.2) is 0 Å². The fraction of sp³-hybridized carbons (Fsp3) is 0.917.